The summed E-state index contributed by atoms with van der Waals surface area (Å²) < 4.78 is 10.8. The van der Waals surface area contributed by atoms with Gasteiger partial charge in [-0.15, -0.1) is 10.1 Å². The first-order valence-electron chi connectivity index (χ1n) is 11.4. The highest BCUT2D eigenvalue weighted by atomic mass is 16.9. The van der Waals surface area contributed by atoms with Crippen molar-refractivity contribution in [2.75, 3.05) is 59.6 Å². The summed E-state index contributed by atoms with van der Waals surface area (Å²) in [5.74, 6) is 0.287. The molecule has 180 valence electrons. The standard InChI is InChI=1S/C24H33N3O6/c1-19(20-5-6-22-18-23(31-2)8-7-21(22)17-20)24(28)32-15-3-9-25-11-13-26(14-12-25)10-4-16-33-27(29)30/h5-8,17-19H,3-4,9-16H2,1-2H3. The number of hydrogen-bond donors (Lipinski definition) is 0. The minimum Gasteiger partial charge on any atom is -0.497 e. The molecule has 0 saturated carbocycles. The zero-order valence-electron chi connectivity index (χ0n) is 19.4. The van der Waals surface area contributed by atoms with E-state index >= 15 is 0 Å². The molecule has 1 aliphatic heterocycles. The molecule has 1 heterocycles. The number of piperazine rings is 1. The summed E-state index contributed by atoms with van der Waals surface area (Å²) in [5.41, 5.74) is 0.942. The Labute approximate surface area is 194 Å². The molecule has 1 fully saturated rings. The molecule has 1 saturated heterocycles. The van der Waals surface area contributed by atoms with Crippen LogP contribution < -0.4 is 4.74 Å². The number of fused-ring (bicyclic) bond motifs is 1. The van der Waals surface area contributed by atoms with Crippen LogP contribution in [0.5, 0.6) is 5.75 Å². The van der Waals surface area contributed by atoms with Crippen molar-refractivity contribution in [1.82, 2.24) is 9.80 Å². The van der Waals surface area contributed by atoms with Crippen molar-refractivity contribution < 1.29 is 24.2 Å². The van der Waals surface area contributed by atoms with E-state index in [1.165, 1.54) is 0 Å². The highest BCUT2D eigenvalue weighted by Gasteiger charge is 2.19. The maximum absolute atomic E-state index is 12.5. The van der Waals surface area contributed by atoms with Gasteiger partial charge in [0.1, 0.15) is 5.75 Å². The number of ether oxygens (including phenoxy) is 2. The topological polar surface area (TPSA) is 94.4 Å². The lowest BCUT2D eigenvalue weighted by Gasteiger charge is -2.34. The highest BCUT2D eigenvalue weighted by Crippen LogP contribution is 2.25. The van der Waals surface area contributed by atoms with Crippen molar-refractivity contribution in [2.45, 2.75) is 25.7 Å². The van der Waals surface area contributed by atoms with E-state index in [0.29, 0.717) is 13.0 Å². The van der Waals surface area contributed by atoms with Gasteiger partial charge < -0.3 is 24.1 Å². The maximum atomic E-state index is 12.5. The van der Waals surface area contributed by atoms with E-state index in [4.69, 9.17) is 9.47 Å². The first-order valence-corrected chi connectivity index (χ1v) is 11.4. The number of carbonyl (C=O) groups excluding carboxylic acids is 1. The van der Waals surface area contributed by atoms with Gasteiger partial charge in [-0.3, -0.25) is 4.79 Å². The lowest BCUT2D eigenvalue weighted by molar-refractivity contribution is -0.757. The van der Waals surface area contributed by atoms with Crippen LogP contribution >= 0.6 is 0 Å². The molecule has 3 rings (SSSR count). The molecule has 1 aliphatic rings. The second-order valence-corrected chi connectivity index (χ2v) is 8.31. The molecule has 0 N–H and O–H groups in total. The zero-order chi connectivity index (χ0) is 23.6. The first kappa shape index (κ1) is 24.7. The third kappa shape index (κ3) is 7.57. The number of carbonyl (C=O) groups is 1. The monoisotopic (exact) mass is 459 g/mol. The van der Waals surface area contributed by atoms with E-state index in [0.717, 1.165) is 67.8 Å². The Hall–Kier alpha value is -2.91. The van der Waals surface area contributed by atoms with E-state index in [-0.39, 0.29) is 18.5 Å². The number of methoxy groups -OCH3 is 1. The van der Waals surface area contributed by atoms with E-state index in [1.54, 1.807) is 7.11 Å². The molecular formula is C24H33N3O6. The SMILES string of the molecule is COc1ccc2cc(C(C)C(=O)OCCCN3CCN(CCCO[N+](=O)[O-])CC3)ccc2c1. The Kier molecular flexibility index (Phi) is 9.26. The van der Waals surface area contributed by atoms with Gasteiger partial charge in [0, 0.05) is 39.3 Å². The molecule has 9 heteroatoms. The number of rotatable bonds is 12. The van der Waals surface area contributed by atoms with Crippen LogP contribution in [0.1, 0.15) is 31.2 Å². The molecule has 2 aromatic rings. The van der Waals surface area contributed by atoms with Gasteiger partial charge in [0.05, 0.1) is 26.2 Å². The molecule has 0 radical (unpaired) electrons. The van der Waals surface area contributed by atoms with Gasteiger partial charge in [0.15, 0.2) is 0 Å². The summed E-state index contributed by atoms with van der Waals surface area (Å²) in [6.45, 7) is 7.88. The van der Waals surface area contributed by atoms with E-state index in [9.17, 15) is 14.9 Å². The predicted octanol–water partition coefficient (Wildman–Crippen LogP) is 3.10. The van der Waals surface area contributed by atoms with E-state index in [1.807, 2.05) is 43.3 Å². The molecule has 9 nitrogen and oxygen atoms in total. The average Bonchev–Trinajstić information content (AvgIpc) is 2.83. The Morgan fingerprint density at radius 2 is 1.61 bits per heavy atom. The van der Waals surface area contributed by atoms with Crippen LogP contribution in [0, 0.1) is 10.1 Å². The van der Waals surface area contributed by atoms with Gasteiger partial charge in [-0.25, -0.2) is 0 Å². The normalized spacial score (nSPS) is 15.8. The summed E-state index contributed by atoms with van der Waals surface area (Å²) in [6.07, 6.45) is 1.45. The fourth-order valence-electron chi connectivity index (χ4n) is 4.02. The quantitative estimate of drug-likeness (QED) is 0.207. The first-order chi connectivity index (χ1) is 16.0. The lowest BCUT2D eigenvalue weighted by Crippen LogP contribution is -2.47. The summed E-state index contributed by atoms with van der Waals surface area (Å²) in [4.78, 5) is 31.7. The van der Waals surface area contributed by atoms with E-state index < -0.39 is 5.09 Å². The van der Waals surface area contributed by atoms with Crippen molar-refractivity contribution in [1.29, 1.82) is 0 Å². The molecule has 2 aromatic carbocycles. The number of hydrogen-bond acceptors (Lipinski definition) is 8. The summed E-state index contributed by atoms with van der Waals surface area (Å²) >= 11 is 0. The largest absolute Gasteiger partial charge is 0.497 e. The smallest absolute Gasteiger partial charge is 0.313 e. The van der Waals surface area contributed by atoms with Crippen molar-refractivity contribution in [3.63, 3.8) is 0 Å². The minimum atomic E-state index is -0.745. The molecule has 1 atom stereocenters. The molecule has 33 heavy (non-hydrogen) atoms. The molecule has 0 amide bonds. The van der Waals surface area contributed by atoms with Gasteiger partial charge in [0.2, 0.25) is 0 Å². The summed E-state index contributed by atoms with van der Waals surface area (Å²) in [6, 6.07) is 11.9. The summed E-state index contributed by atoms with van der Waals surface area (Å²) in [7, 11) is 1.65. The molecule has 0 aliphatic carbocycles. The van der Waals surface area contributed by atoms with Crippen molar-refractivity contribution >= 4 is 16.7 Å². The van der Waals surface area contributed by atoms with Crippen molar-refractivity contribution in [3.8, 4) is 5.75 Å². The zero-order valence-corrected chi connectivity index (χ0v) is 19.4. The van der Waals surface area contributed by atoms with Gasteiger partial charge in [0.25, 0.3) is 5.09 Å². The van der Waals surface area contributed by atoms with Crippen LogP contribution in [0.15, 0.2) is 36.4 Å². The average molecular weight is 460 g/mol. The van der Waals surface area contributed by atoms with E-state index in [2.05, 4.69) is 14.6 Å². The molecule has 1 unspecified atom stereocenters. The van der Waals surface area contributed by atoms with Crippen molar-refractivity contribution in [3.05, 3.63) is 52.1 Å². The molecule has 0 aromatic heterocycles. The molecule has 0 bridgehead atoms. The van der Waals surface area contributed by atoms with Gasteiger partial charge in [-0.05, 0) is 48.2 Å². The Bertz CT molecular complexity index is 930. The van der Waals surface area contributed by atoms with Gasteiger partial charge in [-0.1, -0.05) is 24.3 Å². The summed E-state index contributed by atoms with van der Waals surface area (Å²) in [5, 5.41) is 11.6. The third-order valence-corrected chi connectivity index (χ3v) is 6.07. The van der Waals surface area contributed by atoms with Crippen LogP contribution in [0.3, 0.4) is 0 Å². The van der Waals surface area contributed by atoms with Crippen molar-refractivity contribution in [2.24, 2.45) is 0 Å². The molecule has 0 spiro atoms. The van der Waals surface area contributed by atoms with Crippen LogP contribution in [-0.2, 0) is 14.4 Å². The lowest BCUT2D eigenvalue weighted by atomic mass is 9.98. The van der Waals surface area contributed by atoms with Gasteiger partial charge >= 0.3 is 5.97 Å². The predicted molar refractivity (Wildman–Crippen MR) is 125 cm³/mol. The second kappa shape index (κ2) is 12.4. The fraction of sp³-hybridized carbons (Fsp3) is 0.542. The second-order valence-electron chi connectivity index (χ2n) is 8.31. The van der Waals surface area contributed by atoms with Crippen LogP contribution in [0.2, 0.25) is 0 Å². The number of nitrogens with zero attached hydrogens (tertiary/aromatic N) is 3. The van der Waals surface area contributed by atoms with Crippen LogP contribution in [-0.4, -0.2) is 80.4 Å². The van der Waals surface area contributed by atoms with Gasteiger partial charge in [-0.2, -0.15) is 0 Å². The Morgan fingerprint density at radius 1 is 1.00 bits per heavy atom. The third-order valence-electron chi connectivity index (χ3n) is 6.07. The highest BCUT2D eigenvalue weighted by molar-refractivity contribution is 5.86. The number of benzene rings is 2. The maximum Gasteiger partial charge on any atom is 0.313 e. The Balaban J connectivity index is 1.33. The molecular weight excluding hydrogens is 426 g/mol. The number of esters is 1. The van der Waals surface area contributed by atoms with Crippen LogP contribution in [0.4, 0.5) is 0 Å². The fourth-order valence-corrected chi connectivity index (χ4v) is 4.02. The Morgan fingerprint density at radius 3 is 2.24 bits per heavy atom. The minimum absolute atomic E-state index is 0.144. The van der Waals surface area contributed by atoms with Crippen LogP contribution in [0.25, 0.3) is 10.8 Å².